The highest BCUT2D eigenvalue weighted by molar-refractivity contribution is 7.83. The molecule has 0 bridgehead atoms. The lowest BCUT2D eigenvalue weighted by molar-refractivity contribution is 0.102. The summed E-state index contributed by atoms with van der Waals surface area (Å²) in [6.45, 7) is 0. The Kier molecular flexibility index (Phi) is 5.76. The predicted octanol–water partition coefficient (Wildman–Crippen LogP) is 3.96. The third-order valence-electron chi connectivity index (χ3n) is 3.63. The Morgan fingerprint density at radius 3 is 2.50 bits per heavy atom. The van der Waals surface area contributed by atoms with Gasteiger partial charge in [-0.3, -0.25) is 9.00 Å². The van der Waals surface area contributed by atoms with E-state index in [1.165, 1.54) is 0 Å². The van der Waals surface area contributed by atoms with Crippen molar-refractivity contribution in [3.8, 4) is 0 Å². The Morgan fingerprint density at radius 2 is 1.81 bits per heavy atom. The fourth-order valence-corrected chi connectivity index (χ4v) is 3.10. The average molecular weight is 365 g/mol. The molecule has 26 heavy (non-hydrogen) atoms. The van der Waals surface area contributed by atoms with E-state index in [-0.39, 0.29) is 5.91 Å². The lowest BCUT2D eigenvalue weighted by Crippen LogP contribution is -2.12. The number of anilines is 3. The van der Waals surface area contributed by atoms with Gasteiger partial charge < -0.3 is 10.6 Å². The van der Waals surface area contributed by atoms with Gasteiger partial charge in [0.15, 0.2) is 0 Å². The lowest BCUT2D eigenvalue weighted by atomic mass is 10.1. The van der Waals surface area contributed by atoms with Gasteiger partial charge in [-0.2, -0.15) is 0 Å². The maximum atomic E-state index is 12.4. The summed E-state index contributed by atoms with van der Waals surface area (Å²) in [7, 11) is -0.944. The normalized spacial score (nSPS) is 11.6. The zero-order chi connectivity index (χ0) is 18.4. The van der Waals surface area contributed by atoms with Crippen LogP contribution in [0.3, 0.4) is 0 Å². The quantitative estimate of drug-likeness (QED) is 0.694. The van der Waals surface area contributed by atoms with Crippen LogP contribution >= 0.6 is 0 Å². The summed E-state index contributed by atoms with van der Waals surface area (Å²) in [6, 6.07) is 20.5. The highest BCUT2D eigenvalue weighted by Crippen LogP contribution is 2.16. The molecule has 0 aliphatic carbocycles. The molecule has 1 heterocycles. The first-order valence-electron chi connectivity index (χ1n) is 8.08. The molecule has 1 aromatic heterocycles. The number of carbonyl (C=O) groups excluding carboxylic acids is 1. The van der Waals surface area contributed by atoms with Crippen molar-refractivity contribution in [2.24, 2.45) is 0 Å². The SMILES string of the molecule is C[S@](=O)Cc1cccc(C(=O)Nc2ccc(Nc3ccccc3)nc2)c1. The summed E-state index contributed by atoms with van der Waals surface area (Å²) in [5.74, 6) is 0.906. The Labute approximate surface area is 154 Å². The van der Waals surface area contributed by atoms with Gasteiger partial charge in [0, 0.05) is 34.1 Å². The van der Waals surface area contributed by atoms with E-state index in [4.69, 9.17) is 0 Å². The van der Waals surface area contributed by atoms with E-state index in [0.29, 0.717) is 22.8 Å². The van der Waals surface area contributed by atoms with Crippen LogP contribution in [-0.2, 0) is 16.6 Å². The number of amides is 1. The summed E-state index contributed by atoms with van der Waals surface area (Å²) >= 11 is 0. The van der Waals surface area contributed by atoms with Crippen molar-refractivity contribution in [2.75, 3.05) is 16.9 Å². The Hall–Kier alpha value is -2.99. The molecule has 1 amide bonds. The molecule has 0 saturated heterocycles. The fourth-order valence-electron chi connectivity index (χ4n) is 2.45. The van der Waals surface area contributed by atoms with E-state index >= 15 is 0 Å². The monoisotopic (exact) mass is 365 g/mol. The zero-order valence-corrected chi connectivity index (χ0v) is 15.1. The van der Waals surface area contributed by atoms with E-state index in [1.54, 1.807) is 42.8 Å². The average Bonchev–Trinajstić information content (AvgIpc) is 2.64. The molecule has 3 aromatic rings. The summed E-state index contributed by atoms with van der Waals surface area (Å²) in [5, 5.41) is 6.01. The molecule has 0 unspecified atom stereocenters. The molecule has 2 aromatic carbocycles. The largest absolute Gasteiger partial charge is 0.340 e. The number of carbonyl (C=O) groups is 1. The van der Waals surface area contributed by atoms with Crippen LogP contribution in [0.25, 0.3) is 0 Å². The van der Waals surface area contributed by atoms with Crippen LogP contribution in [0.4, 0.5) is 17.2 Å². The van der Waals surface area contributed by atoms with Crippen molar-refractivity contribution in [1.29, 1.82) is 0 Å². The molecule has 0 saturated carbocycles. The molecular formula is C20H19N3O2S. The van der Waals surface area contributed by atoms with E-state index in [0.717, 1.165) is 11.3 Å². The smallest absolute Gasteiger partial charge is 0.255 e. The van der Waals surface area contributed by atoms with Crippen LogP contribution in [-0.4, -0.2) is 21.4 Å². The zero-order valence-electron chi connectivity index (χ0n) is 14.3. The molecule has 0 radical (unpaired) electrons. The van der Waals surface area contributed by atoms with Crippen molar-refractivity contribution in [3.63, 3.8) is 0 Å². The van der Waals surface area contributed by atoms with Crippen LogP contribution in [0.5, 0.6) is 0 Å². The van der Waals surface area contributed by atoms with Gasteiger partial charge in [0.05, 0.1) is 11.9 Å². The standard InChI is InChI=1S/C20H19N3O2S/c1-26(25)14-15-6-5-7-16(12-15)20(24)23-18-10-11-19(21-13-18)22-17-8-3-2-4-9-17/h2-13H,14H2,1H3,(H,21,22)(H,23,24)/t26-/m0/s1. The first-order chi connectivity index (χ1) is 12.6. The van der Waals surface area contributed by atoms with Crippen molar-refractivity contribution in [1.82, 2.24) is 4.98 Å². The van der Waals surface area contributed by atoms with Crippen molar-refractivity contribution in [3.05, 3.63) is 84.1 Å². The summed E-state index contributed by atoms with van der Waals surface area (Å²) < 4.78 is 11.3. The first kappa shape index (κ1) is 17.8. The van der Waals surface area contributed by atoms with Crippen LogP contribution in [0, 0.1) is 0 Å². The maximum Gasteiger partial charge on any atom is 0.255 e. The van der Waals surface area contributed by atoms with Gasteiger partial charge in [-0.1, -0.05) is 30.3 Å². The van der Waals surface area contributed by atoms with Crippen LogP contribution in [0.15, 0.2) is 72.9 Å². The Balaban J connectivity index is 1.65. The summed E-state index contributed by atoms with van der Waals surface area (Å²) in [5.41, 5.74) is 2.96. The third kappa shape index (κ3) is 5.00. The van der Waals surface area contributed by atoms with Crippen molar-refractivity contribution >= 4 is 33.9 Å². The number of para-hydroxylation sites is 1. The molecule has 0 aliphatic heterocycles. The fraction of sp³-hybridized carbons (Fsp3) is 0.100. The van der Waals surface area contributed by atoms with Gasteiger partial charge in [-0.25, -0.2) is 4.98 Å². The number of hydrogen-bond donors (Lipinski definition) is 2. The van der Waals surface area contributed by atoms with Crippen LogP contribution < -0.4 is 10.6 Å². The van der Waals surface area contributed by atoms with Gasteiger partial charge in [0.25, 0.3) is 5.91 Å². The van der Waals surface area contributed by atoms with Crippen LogP contribution in [0.1, 0.15) is 15.9 Å². The van der Waals surface area contributed by atoms with E-state index < -0.39 is 10.8 Å². The number of nitrogens with zero attached hydrogens (tertiary/aromatic N) is 1. The van der Waals surface area contributed by atoms with Crippen molar-refractivity contribution < 1.29 is 9.00 Å². The maximum absolute atomic E-state index is 12.4. The molecule has 0 spiro atoms. The summed E-state index contributed by atoms with van der Waals surface area (Å²) in [6.07, 6.45) is 3.25. The van der Waals surface area contributed by atoms with Gasteiger partial charge >= 0.3 is 0 Å². The van der Waals surface area contributed by atoms with Crippen molar-refractivity contribution in [2.45, 2.75) is 5.75 Å². The number of benzene rings is 2. The van der Waals surface area contributed by atoms with Gasteiger partial charge in [-0.05, 0) is 42.0 Å². The molecule has 132 valence electrons. The van der Waals surface area contributed by atoms with Crippen LogP contribution in [0.2, 0.25) is 0 Å². The molecule has 2 N–H and O–H groups in total. The van der Waals surface area contributed by atoms with Gasteiger partial charge in [-0.15, -0.1) is 0 Å². The molecule has 3 rings (SSSR count). The second-order valence-corrected chi connectivity index (χ2v) is 7.23. The molecule has 0 fully saturated rings. The van der Waals surface area contributed by atoms with E-state index in [1.807, 2.05) is 36.4 Å². The number of aromatic nitrogens is 1. The number of rotatable bonds is 6. The third-order valence-corrected chi connectivity index (χ3v) is 4.37. The highest BCUT2D eigenvalue weighted by atomic mass is 32.2. The Morgan fingerprint density at radius 1 is 1.00 bits per heavy atom. The number of pyridine rings is 1. The molecule has 1 atom stereocenters. The summed E-state index contributed by atoms with van der Waals surface area (Å²) in [4.78, 5) is 16.7. The minimum absolute atomic E-state index is 0.223. The molecule has 6 heteroatoms. The lowest BCUT2D eigenvalue weighted by Gasteiger charge is -2.08. The molecule has 0 aliphatic rings. The number of hydrogen-bond acceptors (Lipinski definition) is 4. The molecular weight excluding hydrogens is 346 g/mol. The predicted molar refractivity (Wildman–Crippen MR) is 106 cm³/mol. The number of nitrogens with one attached hydrogen (secondary N) is 2. The highest BCUT2D eigenvalue weighted by Gasteiger charge is 2.08. The minimum Gasteiger partial charge on any atom is -0.340 e. The van der Waals surface area contributed by atoms with Gasteiger partial charge in [0.1, 0.15) is 5.82 Å². The first-order valence-corrected chi connectivity index (χ1v) is 9.81. The van der Waals surface area contributed by atoms with E-state index in [9.17, 15) is 9.00 Å². The second kappa shape index (κ2) is 8.40. The second-order valence-electron chi connectivity index (χ2n) is 5.80. The van der Waals surface area contributed by atoms with E-state index in [2.05, 4.69) is 15.6 Å². The van der Waals surface area contributed by atoms with Gasteiger partial charge in [0.2, 0.25) is 0 Å². The minimum atomic E-state index is -0.944. The molecule has 5 nitrogen and oxygen atoms in total. The topological polar surface area (TPSA) is 71.1 Å². The Bertz CT molecular complexity index is 912.